The number of aliphatic hydroxyl groups is 1. The Kier molecular flexibility index (Phi) is 7.60. The lowest BCUT2D eigenvalue weighted by Crippen LogP contribution is -2.27. The molecule has 0 radical (unpaired) electrons. The Morgan fingerprint density at radius 3 is 2.47 bits per heavy atom. The first-order chi connectivity index (χ1) is 6.99. The molecule has 0 heterocycles. The molecular formula is C10H20O4S. The summed E-state index contributed by atoms with van der Waals surface area (Å²) in [5.41, 5.74) is 0. The van der Waals surface area contributed by atoms with Crippen molar-refractivity contribution < 1.29 is 18.8 Å². The summed E-state index contributed by atoms with van der Waals surface area (Å²) >= 11 is 0. The second kappa shape index (κ2) is 7.82. The van der Waals surface area contributed by atoms with Gasteiger partial charge in [0.15, 0.2) is 0 Å². The molecule has 90 valence electrons. The molecule has 0 aromatic rings. The minimum Gasteiger partial charge on any atom is -0.465 e. The van der Waals surface area contributed by atoms with Crippen LogP contribution in [0.2, 0.25) is 0 Å². The summed E-state index contributed by atoms with van der Waals surface area (Å²) in [6.45, 7) is 5.85. The predicted octanol–water partition coefficient (Wildman–Crippen LogP) is 0.705. The Hall–Kier alpha value is -0.420. The molecule has 0 aliphatic carbocycles. The number of hydrogen-bond acceptors (Lipinski definition) is 4. The number of ether oxygens (including phenoxy) is 1. The van der Waals surface area contributed by atoms with E-state index in [-0.39, 0.29) is 12.4 Å². The van der Waals surface area contributed by atoms with Gasteiger partial charge in [-0.25, -0.2) is 0 Å². The van der Waals surface area contributed by atoms with Crippen molar-refractivity contribution in [3.05, 3.63) is 0 Å². The van der Waals surface area contributed by atoms with Crippen LogP contribution >= 0.6 is 0 Å². The number of carbonyl (C=O) groups excluding carboxylic acids is 1. The fourth-order valence-corrected chi connectivity index (χ4v) is 1.70. The molecule has 0 rings (SSSR count). The van der Waals surface area contributed by atoms with Crippen molar-refractivity contribution >= 4 is 16.8 Å². The van der Waals surface area contributed by atoms with Gasteiger partial charge in [-0.3, -0.25) is 9.00 Å². The Morgan fingerprint density at radius 1 is 1.40 bits per heavy atom. The third-order valence-corrected chi connectivity index (χ3v) is 3.52. The van der Waals surface area contributed by atoms with E-state index in [9.17, 15) is 9.00 Å². The fourth-order valence-electron chi connectivity index (χ4n) is 0.887. The molecule has 0 aliphatic heterocycles. The number of aliphatic hydroxyl groups excluding tert-OH is 1. The Labute approximate surface area is 93.5 Å². The van der Waals surface area contributed by atoms with Gasteiger partial charge in [-0.1, -0.05) is 13.8 Å². The van der Waals surface area contributed by atoms with Crippen LogP contribution in [0.15, 0.2) is 0 Å². The van der Waals surface area contributed by atoms with Crippen LogP contribution in [0.1, 0.15) is 27.2 Å². The Balaban J connectivity index is 3.83. The van der Waals surface area contributed by atoms with Crippen molar-refractivity contribution in [2.75, 3.05) is 19.0 Å². The van der Waals surface area contributed by atoms with Crippen LogP contribution < -0.4 is 0 Å². The maximum Gasteiger partial charge on any atom is 0.321 e. The third-order valence-electron chi connectivity index (χ3n) is 1.96. The average molecular weight is 236 g/mol. The van der Waals surface area contributed by atoms with Gasteiger partial charge in [0.1, 0.15) is 5.25 Å². The predicted molar refractivity (Wildman–Crippen MR) is 60.0 cm³/mol. The topological polar surface area (TPSA) is 63.6 Å². The lowest BCUT2D eigenvalue weighted by atomic mass is 10.1. The Morgan fingerprint density at radius 2 is 2.00 bits per heavy atom. The highest BCUT2D eigenvalue weighted by Crippen LogP contribution is 2.03. The van der Waals surface area contributed by atoms with Crippen LogP contribution in [0.25, 0.3) is 0 Å². The quantitative estimate of drug-likeness (QED) is 0.661. The van der Waals surface area contributed by atoms with E-state index < -0.39 is 22.0 Å². The molecule has 0 fully saturated rings. The highest BCUT2D eigenvalue weighted by atomic mass is 32.2. The van der Waals surface area contributed by atoms with Gasteiger partial charge in [0.05, 0.1) is 13.2 Å². The number of carbonyl (C=O) groups is 1. The zero-order valence-corrected chi connectivity index (χ0v) is 10.4. The van der Waals surface area contributed by atoms with Gasteiger partial charge in [-0.15, -0.1) is 0 Å². The molecule has 0 amide bonds. The summed E-state index contributed by atoms with van der Waals surface area (Å²) in [6, 6.07) is 0. The lowest BCUT2D eigenvalue weighted by Gasteiger charge is -2.11. The molecular weight excluding hydrogens is 216 g/mol. The van der Waals surface area contributed by atoms with Crippen LogP contribution in [0.3, 0.4) is 0 Å². The smallest absolute Gasteiger partial charge is 0.321 e. The van der Waals surface area contributed by atoms with Gasteiger partial charge in [0, 0.05) is 16.6 Å². The van der Waals surface area contributed by atoms with Crippen molar-refractivity contribution in [1.82, 2.24) is 0 Å². The molecule has 2 unspecified atom stereocenters. The second-order valence-corrected chi connectivity index (χ2v) is 5.68. The number of hydrogen-bond donors (Lipinski definition) is 1. The zero-order valence-electron chi connectivity index (χ0n) is 9.56. The monoisotopic (exact) mass is 236 g/mol. The third kappa shape index (κ3) is 6.62. The summed E-state index contributed by atoms with van der Waals surface area (Å²) in [7, 11) is -1.33. The molecule has 0 spiro atoms. The SMILES string of the molecule is CC(C)CCOC(=O)C(C)S(=O)CCO. The molecule has 1 N–H and O–H groups in total. The van der Waals surface area contributed by atoms with Crippen molar-refractivity contribution in [3.8, 4) is 0 Å². The molecule has 0 aliphatic rings. The Bertz CT molecular complexity index is 215. The van der Waals surface area contributed by atoms with E-state index in [4.69, 9.17) is 9.84 Å². The number of rotatable bonds is 7. The van der Waals surface area contributed by atoms with E-state index in [1.54, 1.807) is 6.92 Å². The normalized spacial score (nSPS) is 15.0. The van der Waals surface area contributed by atoms with E-state index in [2.05, 4.69) is 0 Å². The summed E-state index contributed by atoms with van der Waals surface area (Å²) in [6.07, 6.45) is 0.811. The van der Waals surface area contributed by atoms with Crippen LogP contribution in [0, 0.1) is 5.92 Å². The summed E-state index contributed by atoms with van der Waals surface area (Å²) in [4.78, 5) is 11.3. The minimum absolute atomic E-state index is 0.125. The van der Waals surface area contributed by atoms with Crippen LogP contribution in [-0.2, 0) is 20.3 Å². The largest absolute Gasteiger partial charge is 0.465 e. The first kappa shape index (κ1) is 14.6. The van der Waals surface area contributed by atoms with Crippen LogP contribution in [0.5, 0.6) is 0 Å². The molecule has 0 saturated carbocycles. The van der Waals surface area contributed by atoms with E-state index in [0.717, 1.165) is 6.42 Å². The van der Waals surface area contributed by atoms with E-state index in [0.29, 0.717) is 12.5 Å². The van der Waals surface area contributed by atoms with Crippen LogP contribution in [0.4, 0.5) is 0 Å². The summed E-state index contributed by atoms with van der Waals surface area (Å²) in [5.74, 6) is 0.166. The molecule has 5 heteroatoms. The van der Waals surface area contributed by atoms with Gasteiger partial charge >= 0.3 is 5.97 Å². The highest BCUT2D eigenvalue weighted by Gasteiger charge is 2.20. The summed E-state index contributed by atoms with van der Waals surface area (Å²) < 4.78 is 16.3. The van der Waals surface area contributed by atoms with Gasteiger partial charge < -0.3 is 9.84 Å². The minimum atomic E-state index is -1.33. The molecule has 0 saturated heterocycles. The van der Waals surface area contributed by atoms with Crippen LogP contribution in [-0.4, -0.2) is 39.5 Å². The zero-order chi connectivity index (χ0) is 11.8. The molecule has 15 heavy (non-hydrogen) atoms. The second-order valence-electron chi connectivity index (χ2n) is 3.80. The van der Waals surface area contributed by atoms with E-state index in [1.165, 1.54) is 0 Å². The van der Waals surface area contributed by atoms with Crippen molar-refractivity contribution in [2.45, 2.75) is 32.4 Å². The summed E-state index contributed by atoms with van der Waals surface area (Å²) in [5, 5.41) is 7.92. The van der Waals surface area contributed by atoms with E-state index in [1.807, 2.05) is 13.8 Å². The molecule has 0 aromatic heterocycles. The first-order valence-corrected chi connectivity index (χ1v) is 6.52. The maximum absolute atomic E-state index is 11.3. The molecule has 0 aromatic carbocycles. The molecule has 4 nitrogen and oxygen atoms in total. The molecule has 0 bridgehead atoms. The van der Waals surface area contributed by atoms with Crippen molar-refractivity contribution in [1.29, 1.82) is 0 Å². The molecule has 2 atom stereocenters. The van der Waals surface area contributed by atoms with E-state index >= 15 is 0 Å². The van der Waals surface area contributed by atoms with Gasteiger partial charge in [-0.2, -0.15) is 0 Å². The number of esters is 1. The average Bonchev–Trinajstić information content (AvgIpc) is 2.16. The van der Waals surface area contributed by atoms with Gasteiger partial charge in [-0.05, 0) is 19.3 Å². The fraction of sp³-hybridized carbons (Fsp3) is 0.900. The standard InChI is InChI=1S/C10H20O4S/c1-8(2)4-6-14-10(12)9(3)15(13)7-5-11/h8-9,11H,4-7H2,1-3H3. The highest BCUT2D eigenvalue weighted by molar-refractivity contribution is 7.86. The maximum atomic E-state index is 11.3. The lowest BCUT2D eigenvalue weighted by molar-refractivity contribution is -0.143. The van der Waals surface area contributed by atoms with Gasteiger partial charge in [0.2, 0.25) is 0 Å². The first-order valence-electron chi connectivity index (χ1n) is 5.13. The van der Waals surface area contributed by atoms with Gasteiger partial charge in [0.25, 0.3) is 0 Å². The van der Waals surface area contributed by atoms with Crippen molar-refractivity contribution in [3.63, 3.8) is 0 Å². The van der Waals surface area contributed by atoms with Crippen molar-refractivity contribution in [2.24, 2.45) is 5.92 Å².